The van der Waals surface area contributed by atoms with E-state index in [1.54, 1.807) is 22.9 Å². The summed E-state index contributed by atoms with van der Waals surface area (Å²) >= 11 is 1.89. The zero-order chi connectivity index (χ0) is 38.4. The van der Waals surface area contributed by atoms with Crippen LogP contribution in [-0.2, 0) is 49.3 Å². The van der Waals surface area contributed by atoms with Gasteiger partial charge < -0.3 is 50.3 Å². The third-order valence-electron chi connectivity index (χ3n) is 8.40. The minimum atomic E-state index is -0.708. The van der Waals surface area contributed by atoms with E-state index in [0.717, 1.165) is 25.0 Å². The van der Waals surface area contributed by atoms with Crippen LogP contribution in [-0.4, -0.2) is 136 Å². The van der Waals surface area contributed by atoms with E-state index in [1.165, 1.54) is 16.9 Å². The Morgan fingerprint density at radius 3 is 2.24 bits per heavy atom. The van der Waals surface area contributed by atoms with Crippen molar-refractivity contribution in [1.29, 1.82) is 0 Å². The molecule has 0 saturated carbocycles. The lowest BCUT2D eigenvalue weighted by molar-refractivity contribution is -0.138. The molecule has 0 spiro atoms. The molecular weight excluding hydrogens is 763 g/mol. The van der Waals surface area contributed by atoms with Gasteiger partial charge in [-0.25, -0.2) is 9.59 Å². The summed E-state index contributed by atoms with van der Waals surface area (Å²) < 4.78 is 26.5. The van der Waals surface area contributed by atoms with Crippen molar-refractivity contribution < 1.29 is 52.5 Å². The number of amides is 5. The van der Waals surface area contributed by atoms with Crippen molar-refractivity contribution in [3.8, 4) is 0 Å². The maximum Gasteiger partial charge on any atom is 0.346 e. The molecule has 16 nitrogen and oxygen atoms in total. The highest BCUT2D eigenvalue weighted by atomic mass is 33.1. The zero-order valence-electron chi connectivity index (χ0n) is 30.3. The Labute approximate surface area is 327 Å². The number of carbonyl (C=O) groups excluding carboxylic acids is 6. The number of thioether (sulfide) groups is 1. The fourth-order valence-electron chi connectivity index (χ4n) is 5.70. The minimum absolute atomic E-state index is 0.0230. The molecule has 2 saturated heterocycles. The van der Waals surface area contributed by atoms with Crippen molar-refractivity contribution in [2.24, 2.45) is 0 Å². The van der Waals surface area contributed by atoms with E-state index in [9.17, 15) is 28.8 Å². The predicted octanol–water partition coefficient (Wildman–Crippen LogP) is 2.05. The molecule has 0 bridgehead atoms. The maximum absolute atomic E-state index is 12.2. The quantitative estimate of drug-likeness (QED) is 0.0270. The van der Waals surface area contributed by atoms with Gasteiger partial charge in [-0.05, 0) is 30.5 Å². The van der Waals surface area contributed by atoms with Crippen molar-refractivity contribution in [1.82, 2.24) is 21.3 Å². The summed E-state index contributed by atoms with van der Waals surface area (Å²) in [5.74, 6) is 0.659. The summed E-state index contributed by atoms with van der Waals surface area (Å²) in [4.78, 5) is 71.0. The third kappa shape index (κ3) is 16.7. The van der Waals surface area contributed by atoms with Gasteiger partial charge in [-0.3, -0.25) is 19.2 Å². The van der Waals surface area contributed by atoms with E-state index in [2.05, 4.69) is 31.3 Å². The molecule has 4 rings (SSSR count). The van der Waals surface area contributed by atoms with Crippen LogP contribution in [0.1, 0.15) is 54.4 Å². The molecule has 2 fully saturated rings. The first-order valence-corrected chi connectivity index (χ1v) is 21.8. The van der Waals surface area contributed by atoms with Crippen LogP contribution in [0.4, 0.5) is 10.5 Å². The fraction of sp³-hybridized carbons (Fsp3) is 0.657. The number of rotatable bonds is 28. The van der Waals surface area contributed by atoms with E-state index in [1.807, 2.05) is 11.8 Å². The number of hydrogen-bond donors (Lipinski definition) is 5. The number of carbonyl (C=O) groups is 6. The molecule has 5 amide bonds. The van der Waals surface area contributed by atoms with E-state index >= 15 is 0 Å². The molecule has 0 radical (unpaired) electrons. The van der Waals surface area contributed by atoms with E-state index < -0.39 is 11.9 Å². The number of urea groups is 1. The molecule has 1 aromatic carbocycles. The number of benzene rings is 1. The van der Waals surface area contributed by atoms with Crippen LogP contribution in [0.2, 0.25) is 0 Å². The first-order valence-electron chi connectivity index (χ1n) is 18.2. The fourth-order valence-corrected chi connectivity index (χ4v) is 9.14. The number of anilines is 1. The van der Waals surface area contributed by atoms with Gasteiger partial charge in [0.25, 0.3) is 0 Å². The van der Waals surface area contributed by atoms with Crippen molar-refractivity contribution in [2.45, 2.75) is 62.3 Å². The lowest BCUT2D eigenvalue weighted by atomic mass is 10.0. The Hall–Kier alpha value is -3.07. The van der Waals surface area contributed by atoms with Crippen LogP contribution < -0.4 is 26.6 Å². The van der Waals surface area contributed by atoms with Gasteiger partial charge in [0.05, 0.1) is 76.9 Å². The van der Waals surface area contributed by atoms with Crippen LogP contribution in [0.5, 0.6) is 0 Å². The summed E-state index contributed by atoms with van der Waals surface area (Å²) in [6.45, 7) is 4.15. The van der Waals surface area contributed by atoms with Crippen LogP contribution in [0.25, 0.3) is 0 Å². The highest BCUT2D eigenvalue weighted by molar-refractivity contribution is 8.76. The predicted molar refractivity (Wildman–Crippen MR) is 207 cm³/mol. The lowest BCUT2D eigenvalue weighted by Gasteiger charge is -2.16. The molecule has 54 heavy (non-hydrogen) atoms. The molecule has 3 atom stereocenters. The van der Waals surface area contributed by atoms with Crippen molar-refractivity contribution in [3.05, 3.63) is 29.3 Å². The second-order valence-corrected chi connectivity index (χ2v) is 16.5. The Kier molecular flexibility index (Phi) is 20.3. The van der Waals surface area contributed by atoms with Gasteiger partial charge in [0, 0.05) is 60.5 Å². The van der Waals surface area contributed by atoms with Crippen molar-refractivity contribution in [3.63, 3.8) is 0 Å². The Bertz CT molecular complexity index is 1410. The molecule has 3 aliphatic heterocycles. The van der Waals surface area contributed by atoms with Gasteiger partial charge in [-0.1, -0.05) is 34.1 Å². The maximum atomic E-state index is 12.2. The van der Waals surface area contributed by atoms with Gasteiger partial charge in [0.15, 0.2) is 0 Å². The SMILES string of the molecule is O=C(CCCCC1SCC2NC(=O)NC21)NCCOCCOCCOCCOCCC(=O)NCCSSCCC(=O)Nc1ccc2c(c1)C(=O)OC(=O)C2. The second kappa shape index (κ2) is 25.2. The average molecular weight is 814 g/mol. The summed E-state index contributed by atoms with van der Waals surface area (Å²) in [5, 5.41) is 14.8. The topological polar surface area (TPSA) is 209 Å². The molecule has 3 unspecified atom stereocenters. The van der Waals surface area contributed by atoms with E-state index in [-0.39, 0.29) is 60.7 Å². The Morgan fingerprint density at radius 1 is 0.778 bits per heavy atom. The molecule has 0 aliphatic carbocycles. The van der Waals surface area contributed by atoms with Crippen LogP contribution in [0.3, 0.4) is 0 Å². The van der Waals surface area contributed by atoms with Crippen LogP contribution >= 0.6 is 33.3 Å². The second-order valence-electron chi connectivity index (χ2n) is 12.5. The summed E-state index contributed by atoms with van der Waals surface area (Å²) in [5.41, 5.74) is 1.33. The van der Waals surface area contributed by atoms with Crippen molar-refractivity contribution in [2.75, 3.05) is 88.5 Å². The smallest absolute Gasteiger partial charge is 0.346 e. The van der Waals surface area contributed by atoms with Crippen LogP contribution in [0.15, 0.2) is 18.2 Å². The molecule has 3 heterocycles. The molecule has 300 valence electrons. The standard InChI is InChI=1S/C35H51N5O11S3/c41-29(4-2-1-3-28-33-27(23-52-28)39-35(46)40-33)36-9-12-48-14-16-50-18-17-49-15-13-47-11-7-30(42)37-10-20-54-53-19-8-31(43)38-25-6-5-24-21-32(44)51-34(45)26(24)22-25/h5-6,22,27-28,33H,1-4,7-21,23H2,(H,36,41)(H,37,42)(H,38,43)(H2,39,40,46). The molecule has 5 N–H and O–H groups in total. The van der Waals surface area contributed by atoms with Gasteiger partial charge in [0.1, 0.15) is 0 Å². The van der Waals surface area contributed by atoms with Gasteiger partial charge in [-0.2, -0.15) is 11.8 Å². The zero-order valence-corrected chi connectivity index (χ0v) is 32.8. The largest absolute Gasteiger partial charge is 0.389 e. The third-order valence-corrected chi connectivity index (χ3v) is 12.3. The number of hydrogen-bond acceptors (Lipinski definition) is 14. The number of nitrogens with one attached hydrogen (secondary N) is 5. The molecule has 0 aromatic heterocycles. The monoisotopic (exact) mass is 813 g/mol. The normalized spacial score (nSPS) is 18.7. The highest BCUT2D eigenvalue weighted by Crippen LogP contribution is 2.33. The number of ether oxygens (including phenoxy) is 5. The first-order chi connectivity index (χ1) is 26.3. The number of esters is 2. The van der Waals surface area contributed by atoms with Gasteiger partial charge >= 0.3 is 18.0 Å². The molecular formula is C35H51N5O11S3. The number of unbranched alkanes of at least 4 members (excludes halogenated alkanes) is 1. The summed E-state index contributed by atoms with van der Waals surface area (Å²) in [7, 11) is 3.09. The molecule has 19 heteroatoms. The van der Waals surface area contributed by atoms with E-state index in [0.29, 0.717) is 100 Å². The first kappa shape index (κ1) is 43.7. The number of cyclic esters (lactones) is 2. The van der Waals surface area contributed by atoms with Gasteiger partial charge in [-0.15, -0.1) is 0 Å². The molecule has 3 aliphatic rings. The number of fused-ring (bicyclic) bond motifs is 2. The molecule has 1 aromatic rings. The van der Waals surface area contributed by atoms with Crippen molar-refractivity contribution >= 4 is 74.7 Å². The minimum Gasteiger partial charge on any atom is -0.389 e. The Balaban J connectivity index is 0.826. The van der Waals surface area contributed by atoms with E-state index in [4.69, 9.17) is 18.9 Å². The van der Waals surface area contributed by atoms with Crippen LogP contribution in [0, 0.1) is 0 Å². The van der Waals surface area contributed by atoms with Gasteiger partial charge in [0.2, 0.25) is 17.7 Å². The Morgan fingerprint density at radius 2 is 1.46 bits per heavy atom. The summed E-state index contributed by atoms with van der Waals surface area (Å²) in [6.07, 6.45) is 3.83. The highest BCUT2D eigenvalue weighted by Gasteiger charge is 2.42. The average Bonchev–Trinajstić information content (AvgIpc) is 3.70. The summed E-state index contributed by atoms with van der Waals surface area (Å²) in [6, 6.07) is 5.18. The lowest BCUT2D eigenvalue weighted by Crippen LogP contribution is -2.36.